The summed E-state index contributed by atoms with van der Waals surface area (Å²) in [4.78, 5) is 0.262. The van der Waals surface area contributed by atoms with Crippen molar-refractivity contribution in [2.75, 3.05) is 0 Å². The summed E-state index contributed by atoms with van der Waals surface area (Å²) in [6, 6.07) is 16.2. The topological polar surface area (TPSA) is 0 Å². The molecule has 1 unspecified atom stereocenters. The van der Waals surface area contributed by atoms with E-state index in [1.54, 1.807) is 0 Å². The normalized spacial score (nSPS) is 12.4. The van der Waals surface area contributed by atoms with E-state index in [0.717, 1.165) is 21.5 Å². The maximum absolute atomic E-state index is 6.16. The third-order valence-corrected chi connectivity index (χ3v) is 4.51. The van der Waals surface area contributed by atoms with Crippen molar-refractivity contribution in [2.24, 2.45) is 0 Å². The van der Waals surface area contributed by atoms with Gasteiger partial charge in [0.05, 0.1) is 0 Å². The predicted octanol–water partition coefficient (Wildman–Crippen LogP) is 5.78. The molecule has 0 amide bonds. The molecule has 0 aliphatic carbocycles. The van der Waals surface area contributed by atoms with Crippen molar-refractivity contribution in [3.63, 3.8) is 0 Å². The summed E-state index contributed by atoms with van der Waals surface area (Å²) in [5.74, 6) is 0. The number of hydrogen-bond acceptors (Lipinski definition) is 0. The molecule has 0 heterocycles. The average molecular weight is 375 g/mol. The van der Waals surface area contributed by atoms with Gasteiger partial charge >= 0.3 is 0 Å². The molecule has 0 nitrogen and oxygen atoms in total. The van der Waals surface area contributed by atoms with Gasteiger partial charge in [0, 0.05) is 14.3 Å². The van der Waals surface area contributed by atoms with Crippen molar-refractivity contribution in [2.45, 2.75) is 11.2 Å². The Bertz CT molecular complexity index is 511. The Morgan fingerprint density at radius 2 is 1.65 bits per heavy atom. The highest BCUT2D eigenvalue weighted by molar-refractivity contribution is 9.11. The lowest BCUT2D eigenvalue weighted by atomic mass is 10.0. The second-order valence-corrected chi connectivity index (χ2v) is 6.15. The lowest BCUT2D eigenvalue weighted by Crippen LogP contribution is -1.97. The van der Waals surface area contributed by atoms with E-state index >= 15 is 0 Å². The van der Waals surface area contributed by atoms with Crippen LogP contribution in [0.4, 0.5) is 0 Å². The summed E-state index contributed by atoms with van der Waals surface area (Å²) in [6.45, 7) is 0. The van der Waals surface area contributed by atoms with Gasteiger partial charge in [-0.1, -0.05) is 79.9 Å². The smallest absolute Gasteiger partial charge is 0.0447 e. The van der Waals surface area contributed by atoms with Crippen LogP contribution in [0.1, 0.15) is 16.0 Å². The minimum atomic E-state index is 0.262. The monoisotopic (exact) mass is 372 g/mol. The van der Waals surface area contributed by atoms with Crippen molar-refractivity contribution in [3.8, 4) is 0 Å². The maximum atomic E-state index is 6.16. The van der Waals surface area contributed by atoms with Crippen LogP contribution in [-0.4, -0.2) is 0 Å². The molecule has 1 atom stereocenters. The highest BCUT2D eigenvalue weighted by Crippen LogP contribution is 2.33. The van der Waals surface area contributed by atoms with Gasteiger partial charge in [0.2, 0.25) is 0 Å². The largest absolute Gasteiger partial charge is 0.0840 e. The first-order chi connectivity index (χ1) is 8.18. The highest BCUT2D eigenvalue weighted by Gasteiger charge is 2.12. The second-order valence-electron chi connectivity index (χ2n) is 3.78. The Kier molecular flexibility index (Phi) is 4.66. The quantitative estimate of drug-likeness (QED) is 0.597. The van der Waals surface area contributed by atoms with Gasteiger partial charge in [-0.25, -0.2) is 0 Å². The summed E-state index contributed by atoms with van der Waals surface area (Å²) < 4.78 is 1.12. The first-order valence-corrected chi connectivity index (χ1v) is 7.39. The Morgan fingerprint density at radius 3 is 2.35 bits per heavy atom. The molecule has 2 aromatic rings. The molecule has 2 rings (SSSR count). The molecule has 0 aliphatic heterocycles. The molecular weight excluding hydrogens is 363 g/mol. The number of alkyl halides is 1. The Balaban J connectivity index is 2.20. The molecule has 0 spiro atoms. The van der Waals surface area contributed by atoms with Gasteiger partial charge in [-0.3, -0.25) is 0 Å². The molecule has 17 heavy (non-hydrogen) atoms. The molecule has 0 radical (unpaired) electrons. The van der Waals surface area contributed by atoms with Crippen molar-refractivity contribution < 1.29 is 0 Å². The van der Waals surface area contributed by atoms with Crippen molar-refractivity contribution in [3.05, 3.63) is 69.2 Å². The highest BCUT2D eigenvalue weighted by atomic mass is 79.9. The zero-order valence-corrected chi connectivity index (χ0v) is 13.0. The molecule has 88 valence electrons. The van der Waals surface area contributed by atoms with Crippen LogP contribution in [0.25, 0.3) is 0 Å². The van der Waals surface area contributed by atoms with Gasteiger partial charge in [0.1, 0.15) is 0 Å². The lowest BCUT2D eigenvalue weighted by Gasteiger charge is -2.13. The van der Waals surface area contributed by atoms with Gasteiger partial charge in [0.15, 0.2) is 0 Å². The molecule has 0 aromatic heterocycles. The third-order valence-electron chi connectivity index (χ3n) is 2.60. The Hall–Kier alpha value is -0.310. The van der Waals surface area contributed by atoms with E-state index in [4.69, 9.17) is 11.6 Å². The van der Waals surface area contributed by atoms with Crippen LogP contribution in [0.15, 0.2) is 53.0 Å². The number of rotatable bonds is 3. The van der Waals surface area contributed by atoms with E-state index < -0.39 is 0 Å². The van der Waals surface area contributed by atoms with Gasteiger partial charge in [-0.05, 0) is 29.7 Å². The number of benzene rings is 2. The molecule has 0 saturated heterocycles. The summed E-state index contributed by atoms with van der Waals surface area (Å²) in [7, 11) is 0. The predicted molar refractivity (Wildman–Crippen MR) is 81.0 cm³/mol. The second kappa shape index (κ2) is 6.03. The van der Waals surface area contributed by atoms with Gasteiger partial charge < -0.3 is 0 Å². The van der Waals surface area contributed by atoms with E-state index in [1.807, 2.05) is 30.3 Å². The van der Waals surface area contributed by atoms with Crippen LogP contribution in [0, 0.1) is 0 Å². The van der Waals surface area contributed by atoms with Crippen LogP contribution >= 0.6 is 43.5 Å². The van der Waals surface area contributed by atoms with Crippen molar-refractivity contribution >= 4 is 43.5 Å². The summed E-state index contributed by atoms with van der Waals surface area (Å²) >= 11 is 13.4. The minimum absolute atomic E-state index is 0.262. The fourth-order valence-electron chi connectivity index (χ4n) is 1.70. The van der Waals surface area contributed by atoms with Crippen LogP contribution in [0.5, 0.6) is 0 Å². The SMILES string of the molecule is Clc1ccccc1CC(Br)c1ccccc1Br. The molecular formula is C14H11Br2Cl. The molecule has 0 bridgehead atoms. The standard InChI is InChI=1S/C14H11Br2Cl/c15-12-7-3-2-6-11(12)13(16)9-10-5-1-4-8-14(10)17/h1-8,13H,9H2. The number of hydrogen-bond donors (Lipinski definition) is 0. The van der Waals surface area contributed by atoms with Gasteiger partial charge in [-0.2, -0.15) is 0 Å². The van der Waals surface area contributed by atoms with E-state index in [1.165, 1.54) is 5.56 Å². The van der Waals surface area contributed by atoms with Crippen LogP contribution < -0.4 is 0 Å². The molecule has 0 fully saturated rings. The maximum Gasteiger partial charge on any atom is 0.0447 e. The summed E-state index contributed by atoms with van der Waals surface area (Å²) in [5.41, 5.74) is 2.40. The van der Waals surface area contributed by atoms with Gasteiger partial charge in [-0.15, -0.1) is 0 Å². The molecule has 0 N–H and O–H groups in total. The van der Waals surface area contributed by atoms with E-state index in [2.05, 4.69) is 50.1 Å². The fourth-order valence-corrected chi connectivity index (χ4v) is 3.53. The minimum Gasteiger partial charge on any atom is -0.0840 e. The first kappa shape index (κ1) is 13.1. The van der Waals surface area contributed by atoms with Crippen LogP contribution in [0.3, 0.4) is 0 Å². The summed E-state index contributed by atoms with van der Waals surface area (Å²) in [6.07, 6.45) is 0.877. The number of halogens is 3. The zero-order chi connectivity index (χ0) is 12.3. The van der Waals surface area contributed by atoms with E-state index in [9.17, 15) is 0 Å². The van der Waals surface area contributed by atoms with E-state index in [-0.39, 0.29) is 4.83 Å². The van der Waals surface area contributed by atoms with Crippen molar-refractivity contribution in [1.82, 2.24) is 0 Å². The first-order valence-electron chi connectivity index (χ1n) is 5.30. The molecule has 0 aliphatic rings. The molecule has 2 aromatic carbocycles. The fraction of sp³-hybridized carbons (Fsp3) is 0.143. The van der Waals surface area contributed by atoms with Crippen LogP contribution in [0.2, 0.25) is 5.02 Å². The Labute approximate surface area is 123 Å². The third kappa shape index (κ3) is 3.34. The van der Waals surface area contributed by atoms with Crippen molar-refractivity contribution in [1.29, 1.82) is 0 Å². The van der Waals surface area contributed by atoms with Gasteiger partial charge in [0.25, 0.3) is 0 Å². The molecule has 3 heteroatoms. The van der Waals surface area contributed by atoms with Crippen LogP contribution in [-0.2, 0) is 6.42 Å². The lowest BCUT2D eigenvalue weighted by molar-refractivity contribution is 0.944. The summed E-state index contributed by atoms with van der Waals surface area (Å²) in [5, 5.41) is 0.823. The molecule has 0 saturated carbocycles. The van der Waals surface area contributed by atoms with E-state index in [0.29, 0.717) is 0 Å². The zero-order valence-electron chi connectivity index (χ0n) is 9.04. The Morgan fingerprint density at radius 1 is 1.00 bits per heavy atom. The average Bonchev–Trinajstić information content (AvgIpc) is 2.32.